The molecule has 2 rings (SSSR count). The second kappa shape index (κ2) is 15.6. The van der Waals surface area contributed by atoms with Crippen LogP contribution in [0, 0.1) is 31.1 Å². The van der Waals surface area contributed by atoms with E-state index in [-0.39, 0.29) is 0 Å². The minimum absolute atomic E-state index is 0.519. The van der Waals surface area contributed by atoms with Crippen LogP contribution in [-0.2, 0) is 0 Å². The first-order valence-corrected chi connectivity index (χ1v) is 13.9. The SMILES string of the molecule is CCCCCCCCN(CC(CC)CCCC)c1ccc(N=Nc2snc(C)c2C#N)c(C)c1. The van der Waals surface area contributed by atoms with Crippen LogP contribution in [0.2, 0.25) is 0 Å². The lowest BCUT2D eigenvalue weighted by Crippen LogP contribution is -2.30. The molecule has 0 aliphatic carbocycles. The van der Waals surface area contributed by atoms with Crippen molar-refractivity contribution in [2.45, 2.75) is 98.8 Å². The van der Waals surface area contributed by atoms with Gasteiger partial charge in [-0.2, -0.15) is 9.64 Å². The third kappa shape index (κ3) is 8.83. The van der Waals surface area contributed by atoms with Crippen molar-refractivity contribution in [2.75, 3.05) is 18.0 Å². The van der Waals surface area contributed by atoms with Crippen LogP contribution in [0.4, 0.5) is 16.4 Å². The van der Waals surface area contributed by atoms with E-state index in [0.717, 1.165) is 30.3 Å². The van der Waals surface area contributed by atoms with E-state index in [9.17, 15) is 5.26 Å². The molecule has 1 atom stereocenters. The molecule has 0 aliphatic heterocycles. The molecule has 0 bridgehead atoms. The van der Waals surface area contributed by atoms with Gasteiger partial charge in [0.05, 0.1) is 11.4 Å². The van der Waals surface area contributed by atoms with Crippen molar-refractivity contribution in [3.05, 3.63) is 35.0 Å². The lowest BCUT2D eigenvalue weighted by atomic mass is 9.98. The number of unbranched alkanes of at least 4 members (excludes halogenated alkanes) is 6. The predicted molar refractivity (Wildman–Crippen MR) is 146 cm³/mol. The largest absolute Gasteiger partial charge is 0.371 e. The zero-order chi connectivity index (χ0) is 24.8. The van der Waals surface area contributed by atoms with Gasteiger partial charge in [-0.05, 0) is 67.9 Å². The van der Waals surface area contributed by atoms with Crippen LogP contribution in [0.5, 0.6) is 0 Å². The van der Waals surface area contributed by atoms with E-state index in [1.54, 1.807) is 0 Å². The molecule has 0 saturated heterocycles. The molecule has 1 unspecified atom stereocenters. The average Bonchev–Trinajstić information content (AvgIpc) is 3.20. The summed E-state index contributed by atoms with van der Waals surface area (Å²) in [5.41, 5.74) is 4.47. The van der Waals surface area contributed by atoms with Crippen molar-refractivity contribution in [2.24, 2.45) is 16.1 Å². The van der Waals surface area contributed by atoms with Gasteiger partial charge in [-0.25, -0.2) is 0 Å². The molecule has 186 valence electrons. The molecule has 6 heteroatoms. The first-order chi connectivity index (χ1) is 16.5. The molecule has 1 aromatic carbocycles. The minimum Gasteiger partial charge on any atom is -0.371 e. The zero-order valence-corrected chi connectivity index (χ0v) is 22.8. The van der Waals surface area contributed by atoms with Crippen molar-refractivity contribution < 1.29 is 0 Å². The highest BCUT2D eigenvalue weighted by Crippen LogP contribution is 2.31. The van der Waals surface area contributed by atoms with Crippen LogP contribution in [0.25, 0.3) is 0 Å². The summed E-state index contributed by atoms with van der Waals surface area (Å²) in [6.07, 6.45) is 13.0. The maximum Gasteiger partial charge on any atom is 0.176 e. The molecule has 0 fully saturated rings. The first kappa shape index (κ1) is 28.0. The summed E-state index contributed by atoms with van der Waals surface area (Å²) in [7, 11) is 0. The third-order valence-electron chi connectivity index (χ3n) is 6.55. The van der Waals surface area contributed by atoms with E-state index in [4.69, 9.17) is 0 Å². The summed E-state index contributed by atoms with van der Waals surface area (Å²) in [6, 6.07) is 8.68. The van der Waals surface area contributed by atoms with E-state index >= 15 is 0 Å². The predicted octanol–water partition coefficient (Wildman–Crippen LogP) is 9.43. The number of rotatable bonds is 16. The summed E-state index contributed by atoms with van der Waals surface area (Å²) >= 11 is 1.22. The van der Waals surface area contributed by atoms with Gasteiger partial charge in [-0.1, -0.05) is 72.1 Å². The lowest BCUT2D eigenvalue weighted by molar-refractivity contribution is 0.442. The summed E-state index contributed by atoms with van der Waals surface area (Å²) < 4.78 is 4.23. The molecular weight excluding hydrogens is 438 g/mol. The molecule has 1 aromatic heterocycles. The Morgan fingerprint density at radius 2 is 1.74 bits per heavy atom. The normalized spacial score (nSPS) is 12.2. The van der Waals surface area contributed by atoms with Crippen molar-refractivity contribution >= 4 is 27.9 Å². The van der Waals surface area contributed by atoms with Crippen LogP contribution >= 0.6 is 11.5 Å². The molecule has 5 nitrogen and oxygen atoms in total. The maximum absolute atomic E-state index is 9.32. The van der Waals surface area contributed by atoms with Gasteiger partial charge >= 0.3 is 0 Å². The molecule has 0 spiro atoms. The Morgan fingerprint density at radius 3 is 2.41 bits per heavy atom. The van der Waals surface area contributed by atoms with Crippen LogP contribution in [-0.4, -0.2) is 17.5 Å². The minimum atomic E-state index is 0.519. The van der Waals surface area contributed by atoms with Gasteiger partial charge in [0.1, 0.15) is 11.6 Å². The summed E-state index contributed by atoms with van der Waals surface area (Å²) in [5, 5.41) is 18.7. The Morgan fingerprint density at radius 1 is 1.00 bits per heavy atom. The van der Waals surface area contributed by atoms with Crippen molar-refractivity contribution in [3.63, 3.8) is 0 Å². The number of anilines is 1. The molecule has 0 radical (unpaired) electrons. The van der Waals surface area contributed by atoms with Crippen LogP contribution in [0.3, 0.4) is 0 Å². The molecule has 34 heavy (non-hydrogen) atoms. The number of aromatic nitrogens is 1. The fourth-order valence-electron chi connectivity index (χ4n) is 4.24. The second-order valence-electron chi connectivity index (χ2n) is 9.36. The molecular formula is C28H43N5S. The second-order valence-corrected chi connectivity index (χ2v) is 10.1. The average molecular weight is 482 g/mol. The fourth-order valence-corrected chi connectivity index (χ4v) is 4.92. The van der Waals surface area contributed by atoms with Crippen LogP contribution in [0.15, 0.2) is 28.4 Å². The Kier molecular flexibility index (Phi) is 12.8. The number of aryl methyl sites for hydroxylation is 2. The van der Waals surface area contributed by atoms with Gasteiger partial charge in [-0.3, -0.25) is 0 Å². The van der Waals surface area contributed by atoms with Crippen molar-refractivity contribution in [1.82, 2.24) is 4.37 Å². The zero-order valence-electron chi connectivity index (χ0n) is 21.9. The summed E-state index contributed by atoms with van der Waals surface area (Å²) in [5.74, 6) is 0.735. The fraction of sp³-hybridized carbons (Fsp3) is 0.643. The Bertz CT molecular complexity index is 927. The van der Waals surface area contributed by atoms with E-state index in [1.165, 1.54) is 81.4 Å². The Hall–Kier alpha value is -2.26. The van der Waals surface area contributed by atoms with Gasteiger partial charge in [0.25, 0.3) is 0 Å². The monoisotopic (exact) mass is 481 g/mol. The van der Waals surface area contributed by atoms with Gasteiger partial charge < -0.3 is 4.90 Å². The van der Waals surface area contributed by atoms with Gasteiger partial charge in [0, 0.05) is 18.8 Å². The van der Waals surface area contributed by atoms with Gasteiger partial charge in [0.15, 0.2) is 5.00 Å². The van der Waals surface area contributed by atoms with E-state index < -0.39 is 0 Å². The molecule has 2 aromatic rings. The Balaban J connectivity index is 2.14. The molecule has 0 aliphatic rings. The number of nitrogens with zero attached hydrogens (tertiary/aromatic N) is 5. The smallest absolute Gasteiger partial charge is 0.176 e. The molecule has 0 saturated carbocycles. The summed E-state index contributed by atoms with van der Waals surface area (Å²) in [6.45, 7) is 13.0. The number of hydrogen-bond donors (Lipinski definition) is 0. The van der Waals surface area contributed by atoms with Gasteiger partial charge in [-0.15, -0.1) is 10.2 Å². The standard InChI is InChI=1S/C28H43N5S/c1-6-9-11-12-13-14-18-33(21-24(8-3)15-10-7-2)25-16-17-27(22(4)19-25)30-31-28-26(20-29)23(5)32-34-28/h16-17,19,24H,6-15,18,21H2,1-5H3. The van der Waals surface area contributed by atoms with E-state index in [2.05, 4.69) is 71.5 Å². The van der Waals surface area contributed by atoms with E-state index in [1.807, 2.05) is 6.92 Å². The van der Waals surface area contributed by atoms with E-state index in [0.29, 0.717) is 16.3 Å². The van der Waals surface area contributed by atoms with Crippen LogP contribution < -0.4 is 4.90 Å². The Labute approximate surface area is 211 Å². The lowest BCUT2D eigenvalue weighted by Gasteiger charge is -2.30. The van der Waals surface area contributed by atoms with Crippen molar-refractivity contribution in [1.29, 1.82) is 5.26 Å². The topological polar surface area (TPSA) is 64.6 Å². The molecule has 0 amide bonds. The number of benzene rings is 1. The summed E-state index contributed by atoms with van der Waals surface area (Å²) in [4.78, 5) is 2.60. The van der Waals surface area contributed by atoms with Crippen LogP contribution in [0.1, 0.15) is 102 Å². The maximum atomic E-state index is 9.32. The highest BCUT2D eigenvalue weighted by Gasteiger charge is 2.15. The number of azo groups is 1. The molecule has 0 N–H and O–H groups in total. The van der Waals surface area contributed by atoms with Gasteiger partial charge in [0.2, 0.25) is 0 Å². The third-order valence-corrected chi connectivity index (χ3v) is 7.38. The number of hydrogen-bond acceptors (Lipinski definition) is 6. The quantitative estimate of drug-likeness (QED) is 0.177. The highest BCUT2D eigenvalue weighted by molar-refractivity contribution is 7.10. The molecule has 1 heterocycles. The number of nitriles is 1. The highest BCUT2D eigenvalue weighted by atomic mass is 32.1. The first-order valence-electron chi connectivity index (χ1n) is 13.2. The van der Waals surface area contributed by atoms with Crippen molar-refractivity contribution in [3.8, 4) is 6.07 Å².